The standard InChI is InChI=1S/C23H14BrClN2O3/c1-12-7-8-26-18(9-12)27-20(13-3-2-4-14(24)10-13)19-21(28)16-11-15(25)5-6-17(16)30-22(19)23(27)29/h2-11,20H,1H3. The maximum atomic E-state index is 13.5. The molecule has 0 spiro atoms. The third-order valence-corrected chi connectivity index (χ3v) is 5.87. The number of aryl methyl sites for hydroxylation is 1. The van der Waals surface area contributed by atoms with Crippen LogP contribution in [0.15, 0.2) is 74.5 Å². The molecule has 2 aromatic carbocycles. The number of halogens is 2. The lowest BCUT2D eigenvalue weighted by Crippen LogP contribution is -2.30. The predicted molar refractivity (Wildman–Crippen MR) is 119 cm³/mol. The first kappa shape index (κ1) is 19.0. The van der Waals surface area contributed by atoms with Gasteiger partial charge in [0.2, 0.25) is 5.76 Å². The number of nitrogens with zero attached hydrogens (tertiary/aromatic N) is 2. The Balaban J connectivity index is 1.84. The maximum Gasteiger partial charge on any atom is 0.296 e. The summed E-state index contributed by atoms with van der Waals surface area (Å²) in [5.41, 5.74) is 2.06. The Morgan fingerprint density at radius 3 is 2.70 bits per heavy atom. The summed E-state index contributed by atoms with van der Waals surface area (Å²) < 4.78 is 6.77. The lowest BCUT2D eigenvalue weighted by atomic mass is 9.98. The fourth-order valence-electron chi connectivity index (χ4n) is 3.83. The number of hydrogen-bond donors (Lipinski definition) is 0. The van der Waals surface area contributed by atoms with Crippen LogP contribution >= 0.6 is 27.5 Å². The highest BCUT2D eigenvalue weighted by molar-refractivity contribution is 9.10. The molecule has 5 rings (SSSR count). The van der Waals surface area contributed by atoms with Gasteiger partial charge in [0, 0.05) is 15.7 Å². The summed E-state index contributed by atoms with van der Waals surface area (Å²) in [7, 11) is 0. The molecule has 0 N–H and O–H groups in total. The molecule has 1 amide bonds. The van der Waals surface area contributed by atoms with Gasteiger partial charge in [0.15, 0.2) is 5.43 Å². The number of rotatable bonds is 2. The Morgan fingerprint density at radius 1 is 1.10 bits per heavy atom. The molecule has 2 aromatic heterocycles. The molecule has 0 radical (unpaired) electrons. The molecule has 4 aromatic rings. The van der Waals surface area contributed by atoms with E-state index in [4.69, 9.17) is 16.0 Å². The Kier molecular flexibility index (Phi) is 4.49. The van der Waals surface area contributed by atoms with Crippen LogP contribution in [0.2, 0.25) is 5.02 Å². The fourth-order valence-corrected chi connectivity index (χ4v) is 4.41. The quantitative estimate of drug-likeness (QED) is 0.370. The second kappa shape index (κ2) is 7.07. The van der Waals surface area contributed by atoms with Crippen molar-refractivity contribution in [1.29, 1.82) is 0 Å². The van der Waals surface area contributed by atoms with Gasteiger partial charge in [-0.2, -0.15) is 0 Å². The van der Waals surface area contributed by atoms with Crippen LogP contribution in [0.1, 0.15) is 33.3 Å². The number of fused-ring (bicyclic) bond motifs is 2. The number of benzene rings is 2. The lowest BCUT2D eigenvalue weighted by molar-refractivity contribution is 0.0970. The molecule has 1 unspecified atom stereocenters. The van der Waals surface area contributed by atoms with Crippen LogP contribution in [-0.2, 0) is 0 Å². The SMILES string of the molecule is Cc1ccnc(N2C(=O)c3oc4ccc(Cl)cc4c(=O)c3C2c2cccc(Br)c2)c1. The van der Waals surface area contributed by atoms with E-state index >= 15 is 0 Å². The smallest absolute Gasteiger partial charge is 0.296 e. The normalized spacial score (nSPS) is 15.6. The molecule has 148 valence electrons. The molecular formula is C23H14BrClN2O3. The molecule has 1 atom stereocenters. The van der Waals surface area contributed by atoms with E-state index in [-0.39, 0.29) is 16.8 Å². The minimum atomic E-state index is -0.668. The Hall–Kier alpha value is -2.96. The average molecular weight is 482 g/mol. The minimum Gasteiger partial charge on any atom is -0.450 e. The fraction of sp³-hybridized carbons (Fsp3) is 0.0870. The van der Waals surface area contributed by atoms with Crippen molar-refractivity contribution in [2.45, 2.75) is 13.0 Å². The zero-order chi connectivity index (χ0) is 21.0. The second-order valence-electron chi connectivity index (χ2n) is 7.14. The molecule has 5 nitrogen and oxygen atoms in total. The molecular weight excluding hydrogens is 468 g/mol. The summed E-state index contributed by atoms with van der Waals surface area (Å²) >= 11 is 9.59. The number of aromatic nitrogens is 1. The van der Waals surface area contributed by atoms with Crippen LogP contribution in [0.5, 0.6) is 0 Å². The van der Waals surface area contributed by atoms with E-state index in [9.17, 15) is 9.59 Å². The van der Waals surface area contributed by atoms with Crippen LogP contribution in [0.3, 0.4) is 0 Å². The molecule has 0 saturated carbocycles. The van der Waals surface area contributed by atoms with Crippen LogP contribution in [0.25, 0.3) is 11.0 Å². The Morgan fingerprint density at radius 2 is 1.93 bits per heavy atom. The van der Waals surface area contributed by atoms with Crippen LogP contribution in [-0.4, -0.2) is 10.9 Å². The van der Waals surface area contributed by atoms with Crippen LogP contribution in [0.4, 0.5) is 5.82 Å². The first-order chi connectivity index (χ1) is 14.4. The highest BCUT2D eigenvalue weighted by atomic mass is 79.9. The highest BCUT2D eigenvalue weighted by Crippen LogP contribution is 2.41. The van der Waals surface area contributed by atoms with E-state index in [1.165, 1.54) is 4.90 Å². The van der Waals surface area contributed by atoms with Gasteiger partial charge in [-0.15, -0.1) is 0 Å². The van der Waals surface area contributed by atoms with Gasteiger partial charge in [-0.05, 0) is 60.5 Å². The second-order valence-corrected chi connectivity index (χ2v) is 8.49. The summed E-state index contributed by atoms with van der Waals surface area (Å²) in [4.78, 5) is 32.9. The van der Waals surface area contributed by atoms with Gasteiger partial charge in [-0.25, -0.2) is 4.98 Å². The van der Waals surface area contributed by atoms with Crippen molar-refractivity contribution in [2.75, 3.05) is 4.90 Å². The van der Waals surface area contributed by atoms with Crippen molar-refractivity contribution >= 4 is 50.2 Å². The molecule has 0 aliphatic carbocycles. The van der Waals surface area contributed by atoms with E-state index in [0.717, 1.165) is 15.6 Å². The van der Waals surface area contributed by atoms with Gasteiger partial charge < -0.3 is 4.42 Å². The molecule has 3 heterocycles. The highest BCUT2D eigenvalue weighted by Gasteiger charge is 2.44. The van der Waals surface area contributed by atoms with Crippen LogP contribution < -0.4 is 10.3 Å². The molecule has 1 aliphatic heterocycles. The van der Waals surface area contributed by atoms with E-state index in [2.05, 4.69) is 20.9 Å². The van der Waals surface area contributed by atoms with Crippen molar-refractivity contribution in [3.05, 3.63) is 103 Å². The largest absolute Gasteiger partial charge is 0.450 e. The molecule has 0 saturated heterocycles. The number of amides is 1. The first-order valence-electron chi connectivity index (χ1n) is 9.22. The lowest BCUT2D eigenvalue weighted by Gasteiger charge is -2.24. The van der Waals surface area contributed by atoms with Crippen molar-refractivity contribution in [3.63, 3.8) is 0 Å². The van der Waals surface area contributed by atoms with Gasteiger partial charge in [0.05, 0.1) is 17.0 Å². The molecule has 30 heavy (non-hydrogen) atoms. The zero-order valence-electron chi connectivity index (χ0n) is 15.7. The van der Waals surface area contributed by atoms with Crippen molar-refractivity contribution in [1.82, 2.24) is 4.98 Å². The third kappa shape index (κ3) is 2.95. The molecule has 7 heteroatoms. The number of hydrogen-bond acceptors (Lipinski definition) is 4. The monoisotopic (exact) mass is 480 g/mol. The van der Waals surface area contributed by atoms with Crippen molar-refractivity contribution in [3.8, 4) is 0 Å². The Bertz CT molecular complexity index is 1400. The minimum absolute atomic E-state index is 0.0307. The summed E-state index contributed by atoms with van der Waals surface area (Å²) in [6, 6.07) is 15.3. The van der Waals surface area contributed by atoms with Crippen molar-refractivity contribution in [2.24, 2.45) is 0 Å². The van der Waals surface area contributed by atoms with E-state index in [1.807, 2.05) is 43.3 Å². The average Bonchev–Trinajstić information content (AvgIpc) is 3.01. The molecule has 1 aliphatic rings. The number of pyridine rings is 1. The van der Waals surface area contributed by atoms with Crippen LogP contribution in [0, 0.1) is 6.92 Å². The first-order valence-corrected chi connectivity index (χ1v) is 10.4. The summed E-state index contributed by atoms with van der Waals surface area (Å²) in [5.74, 6) is 0.0861. The van der Waals surface area contributed by atoms with E-state index in [0.29, 0.717) is 21.8 Å². The summed E-state index contributed by atoms with van der Waals surface area (Å²) in [6.45, 7) is 1.92. The number of carbonyl (C=O) groups is 1. The maximum absolute atomic E-state index is 13.5. The number of carbonyl (C=O) groups excluding carboxylic acids is 1. The predicted octanol–water partition coefficient (Wildman–Crippen LogP) is 5.66. The molecule has 0 bridgehead atoms. The zero-order valence-corrected chi connectivity index (χ0v) is 18.1. The van der Waals surface area contributed by atoms with Gasteiger partial charge in [-0.3, -0.25) is 14.5 Å². The van der Waals surface area contributed by atoms with Crippen molar-refractivity contribution < 1.29 is 9.21 Å². The number of anilines is 1. The third-order valence-electron chi connectivity index (χ3n) is 5.14. The van der Waals surface area contributed by atoms with Gasteiger partial charge in [-0.1, -0.05) is 39.7 Å². The summed E-state index contributed by atoms with van der Waals surface area (Å²) in [6.07, 6.45) is 1.64. The Labute approximate surface area is 185 Å². The van der Waals surface area contributed by atoms with Gasteiger partial charge >= 0.3 is 0 Å². The van der Waals surface area contributed by atoms with Gasteiger partial charge in [0.25, 0.3) is 5.91 Å². The van der Waals surface area contributed by atoms with E-state index < -0.39 is 11.9 Å². The molecule has 0 fully saturated rings. The summed E-state index contributed by atoms with van der Waals surface area (Å²) in [5, 5.41) is 0.767. The topological polar surface area (TPSA) is 63.4 Å². The van der Waals surface area contributed by atoms with Gasteiger partial charge in [0.1, 0.15) is 11.4 Å². The van der Waals surface area contributed by atoms with E-state index in [1.54, 1.807) is 24.4 Å².